The first-order chi connectivity index (χ1) is 59.4. The minimum atomic E-state index is -1.23. The van der Waals surface area contributed by atoms with E-state index in [4.69, 9.17) is 29.4 Å². The van der Waals surface area contributed by atoms with E-state index in [-0.39, 0.29) is 35.5 Å². The summed E-state index contributed by atoms with van der Waals surface area (Å²) in [4.78, 5) is 60.1. The third kappa shape index (κ3) is 26.9. The van der Waals surface area contributed by atoms with E-state index >= 15 is 0 Å². The predicted molar refractivity (Wildman–Crippen MR) is 537 cm³/mol. The highest BCUT2D eigenvalue weighted by Gasteiger charge is 2.49. The third-order valence-electron chi connectivity index (χ3n) is 22.2. The topological polar surface area (TPSA) is 528 Å². The van der Waals surface area contributed by atoms with Crippen LogP contribution in [0.4, 0.5) is 29.0 Å². The second kappa shape index (κ2) is 46.8. The number of hydrogen-bond donors (Lipinski definition) is 15. The number of aryl methyl sites for hydroxylation is 1. The van der Waals surface area contributed by atoms with E-state index in [9.17, 15) is 51.1 Å². The number of imidazole rings is 5. The van der Waals surface area contributed by atoms with Gasteiger partial charge in [-0.05, 0) is 162 Å². The lowest BCUT2D eigenvalue weighted by molar-refractivity contribution is -0.0353. The fourth-order valence-corrected chi connectivity index (χ4v) is 20.0. The van der Waals surface area contributed by atoms with Crippen molar-refractivity contribution < 1.29 is 74.7 Å². The first kappa shape index (κ1) is 110. The molecule has 0 spiro atoms. The van der Waals surface area contributed by atoms with Gasteiger partial charge in [0.05, 0.1) is 67.8 Å². The SMILES string of the molecule is C.C.C.C.C=P(C)(C)CC[C@H]1O[C@@H](n2cnc3c(N)nc(C)nc32)[C@H](O)[C@@H]1O.C=P(C)(C)CC[C@H]1O[C@@H](n2cnc3c(NC)ccnc32)[C@H](O)[C@@H]1O.C=P(C)(C)CC[C@H]1O[C@@H](n2cnc3c(NCC)ncnc32)[C@H](O)[C@@H]1O.C=P(C)(C)CC[C@H]1O[C@@H](n2cnc3c(NCCC)ncnc32)[C@H](O)[C@@H]1O.C=P(C)(C)CC[C@H]1O[C@@H](n2cnc3c(NCCCC)ncnc32)[C@H](O)[C@@H]1O. The van der Waals surface area contributed by atoms with Crippen LogP contribution in [0.5, 0.6) is 0 Å². The molecular formula is C86H149N24O15P5. The molecule has 16 N–H and O–H groups in total. The molecular weight excluding hydrogens is 1760 g/mol. The molecule has 0 unspecified atom stereocenters. The Morgan fingerprint density at radius 1 is 0.362 bits per heavy atom. The maximum atomic E-state index is 10.5. The maximum absolute atomic E-state index is 10.5. The molecule has 15 rings (SSSR count). The van der Waals surface area contributed by atoms with Crippen molar-refractivity contribution in [3.05, 3.63) is 68.7 Å². The van der Waals surface area contributed by atoms with Gasteiger partial charge in [0.25, 0.3) is 0 Å². The van der Waals surface area contributed by atoms with Crippen LogP contribution in [-0.2, 0) is 23.7 Å². The summed E-state index contributed by atoms with van der Waals surface area (Å²) in [7, 11) is 1.82. The molecule has 5 aliphatic rings. The summed E-state index contributed by atoms with van der Waals surface area (Å²) in [5.41, 5.74) is 12.6. The van der Waals surface area contributed by atoms with Gasteiger partial charge < -0.3 is 102 Å². The van der Waals surface area contributed by atoms with Crippen molar-refractivity contribution in [3.63, 3.8) is 0 Å². The number of rotatable bonds is 30. The lowest BCUT2D eigenvalue weighted by atomic mass is 10.1. The average molecular weight is 1910 g/mol. The number of nitrogens with zero attached hydrogens (tertiary/aromatic N) is 19. The fourth-order valence-electron chi connectivity index (χ4n) is 15.2. The third-order valence-corrected chi connectivity index (χ3v) is 29.6. The molecule has 15 heterocycles. The van der Waals surface area contributed by atoms with Gasteiger partial charge in [-0.2, -0.15) is 0 Å². The predicted octanol–water partition coefficient (Wildman–Crippen LogP) is 8.27. The zero-order valence-corrected chi connectivity index (χ0v) is 79.5. The number of nitrogens with two attached hydrogens (primary N) is 1. The zero-order chi connectivity index (χ0) is 91.8. The Kier molecular flexibility index (Phi) is 39.5. The summed E-state index contributed by atoms with van der Waals surface area (Å²) in [5.74, 6) is 2.75. The van der Waals surface area contributed by atoms with Crippen molar-refractivity contribution in [2.24, 2.45) is 0 Å². The lowest BCUT2D eigenvalue weighted by Crippen LogP contribution is -2.31. The van der Waals surface area contributed by atoms with Gasteiger partial charge in [0.15, 0.2) is 99.2 Å². The van der Waals surface area contributed by atoms with Crippen LogP contribution >= 0.6 is 34.4 Å². The number of hydrogen-bond acceptors (Lipinski definition) is 34. The number of ether oxygens (including phenoxy) is 5. The van der Waals surface area contributed by atoms with Gasteiger partial charge in [-0.1, -0.05) is 50.0 Å². The molecule has 0 radical (unpaired) electrons. The van der Waals surface area contributed by atoms with Gasteiger partial charge in [0.1, 0.15) is 96.9 Å². The molecule has 0 aromatic carbocycles. The van der Waals surface area contributed by atoms with Crippen molar-refractivity contribution in [1.82, 2.24) is 92.6 Å². The summed E-state index contributed by atoms with van der Waals surface area (Å²) in [6, 6.07) is 1.84. The van der Waals surface area contributed by atoms with Gasteiger partial charge in [-0.25, -0.2) is 69.8 Å². The highest BCUT2D eigenvalue weighted by atomic mass is 31.2. The van der Waals surface area contributed by atoms with Gasteiger partial charge in [-0.15, -0.1) is 65.9 Å². The standard InChI is InChI=1S/C18H30N5O3P.C17H28N5O3P.C16H26N5O3P.C16H25N4O3P.C15H24N5O3P.4CH4/c1-5-6-8-19-16-13-17(21-10-20-16)23(11-22-13)18-15(25)14(24)12(26-18)7-9-27(2,3)4;1-5-7-18-15-12-16(20-9-19-15)22(10-21-12)17-14(24)13(23)11(25-17)6-8-26(2,3)4;1-5-17-14-11-15(19-8-18-14)21(9-20-11)16-13(23)12(22)10(24-16)6-7-25(2,3)4;1-17-10-5-7-18-15-12(10)19-9-20(15)16-14(22)13(21)11(23-16)6-8-24(2,3)4;1-8-18-13(16)10-14(19-8)20(7-17-10)15-12(22)11(21)9(23-15)5-6-24(2,3)4;;;;/h10-12,14-15,18,24-25H,2,5-9H2,1,3-4H3,(H,19,20,21);9-11,13-14,17,23-24H,2,5-8H2,1,3-4H3,(H,18,19,20);8-10,12-13,16,22-23H,2,5-7H2,1,3-4H3,(H,17,18,19);5,7,9,11,13-14,16,21-22H,2,6,8H2,1,3-4H3,(H,17,18);7,9,11-12,15,21-22H,2,5-6H2,1,3-4H3,(H2,16,18,19);4*1H4/t12-,14-,15-,18-;11-,13-,14-,17-;10-,12-,13-,16-;11-,13-,14-,16-;9-,11-,12-,15-;;;;/m11111..../s1. The molecule has 5 fully saturated rings. The fraction of sp³-hybridized carbons (Fsp3) is 0.640. The molecule has 44 heteroatoms. The molecule has 0 bridgehead atoms. The van der Waals surface area contributed by atoms with Crippen molar-refractivity contribution in [2.75, 3.05) is 151 Å². The first-order valence-corrected chi connectivity index (χ1v) is 57.9. The molecule has 5 saturated heterocycles. The Labute approximate surface area is 765 Å². The van der Waals surface area contributed by atoms with Crippen LogP contribution in [0, 0.1) is 6.92 Å². The van der Waals surface area contributed by atoms with E-state index in [1.165, 1.54) is 25.3 Å². The number of unbranched alkanes of at least 4 members (excludes halogenated alkanes) is 1. The molecule has 10 aromatic heterocycles. The van der Waals surface area contributed by atoms with E-state index in [1.807, 2.05) is 20.0 Å². The minimum Gasteiger partial charge on any atom is -0.388 e. The highest BCUT2D eigenvalue weighted by molar-refractivity contribution is 7.73. The van der Waals surface area contributed by atoms with Crippen LogP contribution < -0.4 is 27.0 Å². The van der Waals surface area contributed by atoms with Crippen molar-refractivity contribution >= 4 is 151 Å². The quantitative estimate of drug-likeness (QED) is 0.0149. The van der Waals surface area contributed by atoms with Gasteiger partial charge in [0, 0.05) is 32.9 Å². The van der Waals surface area contributed by atoms with E-state index in [0.29, 0.717) is 118 Å². The average Bonchev–Trinajstić information content (AvgIpc) is 1.63. The monoisotopic (exact) mass is 1910 g/mol. The molecule has 130 heavy (non-hydrogen) atoms. The van der Waals surface area contributed by atoms with Crippen LogP contribution in [0.2, 0.25) is 0 Å². The molecule has 0 amide bonds. The Morgan fingerprint density at radius 3 is 0.938 bits per heavy atom. The maximum Gasteiger partial charge on any atom is 0.167 e. The molecule has 20 atom stereocenters. The molecule has 10 aromatic rings. The Bertz CT molecular complexity index is 5540. The number of aliphatic hydroxyl groups excluding tert-OH is 10. The van der Waals surface area contributed by atoms with Gasteiger partial charge in [0.2, 0.25) is 0 Å². The van der Waals surface area contributed by atoms with Crippen LogP contribution in [0.3, 0.4) is 0 Å². The van der Waals surface area contributed by atoms with E-state index < -0.39 is 157 Å². The number of nitrogens with one attached hydrogen (secondary N) is 4. The number of aliphatic hydroxyl groups is 10. The Hall–Kier alpha value is -7.28. The van der Waals surface area contributed by atoms with Crippen LogP contribution in [0.25, 0.3) is 55.8 Å². The van der Waals surface area contributed by atoms with Crippen LogP contribution in [-0.4, -0.2) is 391 Å². The van der Waals surface area contributed by atoms with E-state index in [2.05, 4.69) is 203 Å². The first-order valence-electron chi connectivity index (χ1n) is 42.6. The number of aromatic nitrogens is 19. The Balaban J connectivity index is 0.000000221. The summed E-state index contributed by atoms with van der Waals surface area (Å²) in [5, 5.41) is 117. The van der Waals surface area contributed by atoms with Gasteiger partial charge >= 0.3 is 0 Å². The minimum absolute atomic E-state index is 0. The molecule has 0 aliphatic carbocycles. The zero-order valence-electron chi connectivity index (χ0n) is 75.0. The number of anilines is 5. The summed E-state index contributed by atoms with van der Waals surface area (Å²) in [6.07, 6.45) is 30.1. The molecule has 39 nitrogen and oxygen atoms in total. The number of fused-ring (bicyclic) bond motifs is 5. The molecule has 5 aliphatic heterocycles. The number of nitrogen functional groups attached to an aromatic ring is 1. The van der Waals surface area contributed by atoms with Gasteiger partial charge in [-0.3, -0.25) is 22.8 Å². The van der Waals surface area contributed by atoms with E-state index in [1.54, 1.807) is 61.3 Å². The van der Waals surface area contributed by atoms with Crippen molar-refractivity contribution in [1.29, 1.82) is 0 Å². The largest absolute Gasteiger partial charge is 0.388 e. The Morgan fingerprint density at radius 2 is 0.646 bits per heavy atom. The van der Waals surface area contributed by atoms with Crippen molar-refractivity contribution in [2.45, 2.75) is 231 Å². The lowest BCUT2D eigenvalue weighted by Gasteiger charge is -2.18. The van der Waals surface area contributed by atoms with Crippen LogP contribution in [0.15, 0.2) is 62.9 Å². The summed E-state index contributed by atoms with van der Waals surface area (Å²) >= 11 is 0. The number of pyridine rings is 1. The summed E-state index contributed by atoms with van der Waals surface area (Å²) < 4.78 is 38.2. The highest BCUT2D eigenvalue weighted by Crippen LogP contribution is 2.46. The van der Waals surface area contributed by atoms with Crippen LogP contribution in [0.1, 0.15) is 139 Å². The smallest absolute Gasteiger partial charge is 0.167 e. The summed E-state index contributed by atoms with van der Waals surface area (Å²) in [6.45, 7) is 25.6. The van der Waals surface area contributed by atoms with E-state index in [0.717, 1.165) is 68.8 Å². The molecule has 0 saturated carbocycles. The van der Waals surface area contributed by atoms with Crippen molar-refractivity contribution in [3.8, 4) is 0 Å². The normalized spacial score (nSPS) is 26.2. The second-order valence-electron chi connectivity index (χ2n) is 36.3. The second-order valence-corrected chi connectivity index (χ2v) is 57.9. The molecule has 728 valence electrons.